The van der Waals surface area contributed by atoms with Crippen LogP contribution in [0.2, 0.25) is 0 Å². The maximum Gasteiger partial charge on any atom is 0.416 e. The number of carbonyl (C=O) groups excluding carboxylic acids is 1. The second-order valence-electron chi connectivity index (χ2n) is 6.00. The Hall–Kier alpha value is -2.48. The molecule has 0 aliphatic carbocycles. The minimum Gasteiger partial charge on any atom is -0.391 e. The van der Waals surface area contributed by atoms with Crippen molar-refractivity contribution in [3.8, 4) is 0 Å². The molecule has 1 aliphatic heterocycles. The average molecular weight is 351 g/mol. The Labute approximate surface area is 142 Å². The molecule has 0 bridgehead atoms. The van der Waals surface area contributed by atoms with E-state index in [4.69, 9.17) is 0 Å². The molecule has 1 fully saturated rings. The first-order valence-corrected chi connectivity index (χ1v) is 7.73. The molecule has 1 N–H and O–H groups in total. The summed E-state index contributed by atoms with van der Waals surface area (Å²) in [5.74, 6) is -0.284. The Morgan fingerprint density at radius 1 is 1.28 bits per heavy atom. The maximum absolute atomic E-state index is 12.9. The number of hydrogen-bond acceptors (Lipinski definition) is 4. The van der Waals surface area contributed by atoms with Gasteiger partial charge in [0.05, 0.1) is 24.1 Å². The molecule has 5 nitrogen and oxygen atoms in total. The molecular weight excluding hydrogens is 335 g/mol. The molecule has 3 rings (SSSR count). The monoisotopic (exact) mass is 351 g/mol. The molecule has 1 saturated heterocycles. The van der Waals surface area contributed by atoms with E-state index in [-0.39, 0.29) is 25.3 Å². The van der Waals surface area contributed by atoms with Gasteiger partial charge in [-0.15, -0.1) is 0 Å². The van der Waals surface area contributed by atoms with Gasteiger partial charge in [0.1, 0.15) is 6.33 Å². The summed E-state index contributed by atoms with van der Waals surface area (Å²) in [6.07, 6.45) is -0.618. The minimum atomic E-state index is -4.45. The second kappa shape index (κ2) is 6.79. The third-order valence-corrected chi connectivity index (χ3v) is 4.17. The Kier molecular flexibility index (Phi) is 4.71. The predicted octanol–water partition coefficient (Wildman–Crippen LogP) is 2.37. The SMILES string of the molecule is O=C(Cc1cncnc1)N1C[C@H](O)C[C@H]1c1cccc(C(F)(F)F)c1. The van der Waals surface area contributed by atoms with Crippen molar-refractivity contribution in [3.05, 3.63) is 59.7 Å². The van der Waals surface area contributed by atoms with E-state index >= 15 is 0 Å². The smallest absolute Gasteiger partial charge is 0.391 e. The fraction of sp³-hybridized carbons (Fsp3) is 0.353. The van der Waals surface area contributed by atoms with Crippen LogP contribution in [0.15, 0.2) is 43.0 Å². The van der Waals surface area contributed by atoms with Crippen LogP contribution >= 0.6 is 0 Å². The lowest BCUT2D eigenvalue weighted by Gasteiger charge is -2.25. The highest BCUT2D eigenvalue weighted by Crippen LogP contribution is 2.36. The van der Waals surface area contributed by atoms with Gasteiger partial charge in [0.15, 0.2) is 0 Å². The first-order valence-electron chi connectivity index (χ1n) is 7.73. The van der Waals surface area contributed by atoms with E-state index < -0.39 is 23.9 Å². The van der Waals surface area contributed by atoms with Gasteiger partial charge in [0, 0.05) is 18.9 Å². The number of halogens is 3. The topological polar surface area (TPSA) is 66.3 Å². The van der Waals surface area contributed by atoms with Gasteiger partial charge in [-0.05, 0) is 29.7 Å². The lowest BCUT2D eigenvalue weighted by molar-refractivity contribution is -0.137. The van der Waals surface area contributed by atoms with E-state index in [2.05, 4.69) is 9.97 Å². The average Bonchev–Trinajstić information content (AvgIpc) is 2.97. The lowest BCUT2D eigenvalue weighted by Crippen LogP contribution is -2.33. The number of hydrogen-bond donors (Lipinski definition) is 1. The van der Waals surface area contributed by atoms with Crippen LogP contribution in [0.1, 0.15) is 29.2 Å². The third kappa shape index (κ3) is 3.96. The molecular formula is C17H16F3N3O2. The molecule has 2 heterocycles. The van der Waals surface area contributed by atoms with Crippen molar-refractivity contribution in [2.45, 2.75) is 31.2 Å². The van der Waals surface area contributed by atoms with Gasteiger partial charge < -0.3 is 10.0 Å². The molecule has 132 valence electrons. The number of benzene rings is 1. The molecule has 2 atom stereocenters. The summed E-state index contributed by atoms with van der Waals surface area (Å²) in [5, 5.41) is 9.93. The van der Waals surface area contributed by atoms with Crippen molar-refractivity contribution in [1.82, 2.24) is 14.9 Å². The Balaban J connectivity index is 1.83. The van der Waals surface area contributed by atoms with E-state index in [0.29, 0.717) is 11.1 Å². The van der Waals surface area contributed by atoms with Gasteiger partial charge in [-0.2, -0.15) is 13.2 Å². The third-order valence-electron chi connectivity index (χ3n) is 4.17. The molecule has 2 aromatic rings. The highest BCUT2D eigenvalue weighted by atomic mass is 19.4. The van der Waals surface area contributed by atoms with Gasteiger partial charge in [0.25, 0.3) is 0 Å². The van der Waals surface area contributed by atoms with Gasteiger partial charge in [0.2, 0.25) is 5.91 Å². The molecule has 25 heavy (non-hydrogen) atoms. The van der Waals surface area contributed by atoms with E-state index in [1.54, 1.807) is 6.07 Å². The summed E-state index contributed by atoms with van der Waals surface area (Å²) in [4.78, 5) is 21.7. The second-order valence-corrected chi connectivity index (χ2v) is 6.00. The van der Waals surface area contributed by atoms with Gasteiger partial charge >= 0.3 is 6.18 Å². The number of amides is 1. The fourth-order valence-corrected chi connectivity index (χ4v) is 3.03. The van der Waals surface area contributed by atoms with Crippen LogP contribution in [0.3, 0.4) is 0 Å². The highest BCUT2D eigenvalue weighted by molar-refractivity contribution is 5.79. The summed E-state index contributed by atoms with van der Waals surface area (Å²) in [6.45, 7) is 0.0907. The summed E-state index contributed by atoms with van der Waals surface area (Å²) >= 11 is 0. The number of rotatable bonds is 3. The summed E-state index contributed by atoms with van der Waals surface area (Å²) in [7, 11) is 0. The number of likely N-dealkylation sites (tertiary alicyclic amines) is 1. The van der Waals surface area contributed by atoms with Crippen molar-refractivity contribution in [2.75, 3.05) is 6.54 Å². The quantitative estimate of drug-likeness (QED) is 0.922. The number of nitrogens with zero attached hydrogens (tertiary/aromatic N) is 3. The molecule has 1 aromatic carbocycles. The number of carbonyl (C=O) groups is 1. The fourth-order valence-electron chi connectivity index (χ4n) is 3.03. The van der Waals surface area contributed by atoms with Crippen LogP contribution in [0.4, 0.5) is 13.2 Å². The van der Waals surface area contributed by atoms with Gasteiger partial charge in [-0.1, -0.05) is 12.1 Å². The van der Waals surface area contributed by atoms with Gasteiger partial charge in [-0.25, -0.2) is 9.97 Å². The van der Waals surface area contributed by atoms with Gasteiger partial charge in [-0.3, -0.25) is 4.79 Å². The number of aliphatic hydroxyl groups is 1. The van der Waals surface area contributed by atoms with Crippen LogP contribution < -0.4 is 0 Å². The van der Waals surface area contributed by atoms with E-state index in [9.17, 15) is 23.1 Å². The number of aromatic nitrogens is 2. The van der Waals surface area contributed by atoms with E-state index in [1.807, 2.05) is 0 Å². The number of β-amino-alcohol motifs (C(OH)–C–C–N with tert-alkyl or cyclic N) is 1. The van der Waals surface area contributed by atoms with E-state index in [0.717, 1.165) is 12.1 Å². The Morgan fingerprint density at radius 2 is 2.00 bits per heavy atom. The first kappa shape index (κ1) is 17.3. The molecule has 1 amide bonds. The van der Waals surface area contributed by atoms with Crippen LogP contribution in [-0.4, -0.2) is 38.5 Å². The molecule has 1 aliphatic rings. The maximum atomic E-state index is 12.9. The standard InChI is InChI=1S/C17H16F3N3O2/c18-17(19,20)13-3-1-2-12(5-13)15-6-14(24)9-23(15)16(25)4-11-7-21-10-22-8-11/h1-3,5,7-8,10,14-15,24H,4,6,9H2/t14-,15+/m1/s1. The van der Waals surface area contributed by atoms with E-state index in [1.165, 1.54) is 29.7 Å². The van der Waals surface area contributed by atoms with Crippen molar-refractivity contribution in [2.24, 2.45) is 0 Å². The summed E-state index contributed by atoms with van der Waals surface area (Å²) in [5.41, 5.74) is 0.205. The molecule has 0 unspecified atom stereocenters. The zero-order valence-electron chi connectivity index (χ0n) is 13.1. The zero-order valence-corrected chi connectivity index (χ0v) is 13.1. The number of aliphatic hydroxyl groups excluding tert-OH is 1. The van der Waals surface area contributed by atoms with Crippen LogP contribution in [0.5, 0.6) is 0 Å². The molecule has 0 spiro atoms. The van der Waals surface area contributed by atoms with Crippen molar-refractivity contribution in [3.63, 3.8) is 0 Å². The molecule has 0 saturated carbocycles. The molecule has 8 heteroatoms. The highest BCUT2D eigenvalue weighted by Gasteiger charge is 2.37. The molecule has 1 aromatic heterocycles. The predicted molar refractivity (Wildman–Crippen MR) is 82.3 cm³/mol. The first-order chi connectivity index (χ1) is 11.8. The van der Waals surface area contributed by atoms with Crippen LogP contribution in [0.25, 0.3) is 0 Å². The van der Waals surface area contributed by atoms with Crippen LogP contribution in [0, 0.1) is 0 Å². The van der Waals surface area contributed by atoms with Crippen molar-refractivity contribution in [1.29, 1.82) is 0 Å². The zero-order chi connectivity index (χ0) is 18.0. The Bertz CT molecular complexity index is 752. The van der Waals surface area contributed by atoms with Crippen LogP contribution in [-0.2, 0) is 17.4 Å². The van der Waals surface area contributed by atoms with Crippen molar-refractivity contribution < 1.29 is 23.1 Å². The largest absolute Gasteiger partial charge is 0.416 e. The summed E-state index contributed by atoms with van der Waals surface area (Å²) < 4.78 is 38.8. The number of alkyl halides is 3. The summed E-state index contributed by atoms with van der Waals surface area (Å²) in [6, 6.07) is 4.30. The lowest BCUT2D eigenvalue weighted by atomic mass is 10.0. The minimum absolute atomic E-state index is 0.0308. The van der Waals surface area contributed by atoms with Crippen molar-refractivity contribution >= 4 is 5.91 Å². The Morgan fingerprint density at radius 3 is 2.68 bits per heavy atom. The normalized spacial score (nSPS) is 20.7. The molecule has 0 radical (unpaired) electrons.